The molecule has 4 heteroatoms. The van der Waals surface area contributed by atoms with Crippen LogP contribution < -0.4 is 0 Å². The minimum absolute atomic E-state index is 0.358. The Bertz CT molecular complexity index is 185. The van der Waals surface area contributed by atoms with Crippen LogP contribution >= 0.6 is 0 Å². The van der Waals surface area contributed by atoms with Crippen LogP contribution in [0.4, 0.5) is 0 Å². The maximum Gasteiger partial charge on any atom is 0.354 e. The number of carbonyl (C=O) groups is 1. The van der Waals surface area contributed by atoms with E-state index < -0.39 is 0 Å². The Morgan fingerprint density at radius 1 is 1.75 bits per heavy atom. The Kier molecular flexibility index (Phi) is 3.10. The minimum atomic E-state index is -0.358. The van der Waals surface area contributed by atoms with E-state index in [0.29, 0.717) is 25.6 Å². The number of rotatable bonds is 3. The predicted molar refractivity (Wildman–Crippen MR) is 43.3 cm³/mol. The summed E-state index contributed by atoms with van der Waals surface area (Å²) in [6, 6.07) is 0. The highest BCUT2D eigenvalue weighted by atomic mass is 16.5. The Morgan fingerprint density at radius 2 is 2.50 bits per heavy atom. The zero-order chi connectivity index (χ0) is 8.97. The van der Waals surface area contributed by atoms with E-state index >= 15 is 0 Å². The molecular weight excluding hydrogens is 158 g/mol. The van der Waals surface area contributed by atoms with Gasteiger partial charge in [-0.05, 0) is 6.92 Å². The lowest BCUT2D eigenvalue weighted by atomic mass is 10.4. The molecule has 0 N–H and O–H groups in total. The van der Waals surface area contributed by atoms with Crippen molar-refractivity contribution in [2.75, 3.05) is 26.5 Å². The van der Waals surface area contributed by atoms with E-state index in [9.17, 15) is 4.79 Å². The van der Waals surface area contributed by atoms with Crippen molar-refractivity contribution >= 4 is 5.97 Å². The molecule has 0 aromatic rings. The van der Waals surface area contributed by atoms with Crippen molar-refractivity contribution in [3.8, 4) is 0 Å². The Hall–Kier alpha value is -1.03. The molecule has 0 amide bonds. The summed E-state index contributed by atoms with van der Waals surface area (Å²) in [5, 5.41) is 0. The number of nitrogens with zero attached hydrogens (tertiary/aromatic N) is 1. The van der Waals surface area contributed by atoms with E-state index in [1.807, 2.05) is 0 Å². The van der Waals surface area contributed by atoms with Gasteiger partial charge in [0, 0.05) is 6.54 Å². The molecule has 0 aromatic carbocycles. The van der Waals surface area contributed by atoms with Gasteiger partial charge in [-0.1, -0.05) is 6.58 Å². The Balaban J connectivity index is 2.40. The summed E-state index contributed by atoms with van der Waals surface area (Å²) in [6.45, 7) is 7.59. The minimum Gasteiger partial charge on any atom is -0.461 e. The van der Waals surface area contributed by atoms with Crippen LogP contribution in [-0.4, -0.2) is 37.4 Å². The van der Waals surface area contributed by atoms with E-state index in [1.54, 1.807) is 11.8 Å². The number of carbonyl (C=O) groups excluding carboxylic acids is 1. The SMILES string of the molecule is C=C(C(=O)OCC)N1CCOC1. The largest absolute Gasteiger partial charge is 0.461 e. The van der Waals surface area contributed by atoms with E-state index in [2.05, 4.69) is 6.58 Å². The first-order valence-electron chi connectivity index (χ1n) is 3.94. The molecule has 0 atom stereocenters. The maximum absolute atomic E-state index is 11.1. The molecule has 1 aliphatic heterocycles. The van der Waals surface area contributed by atoms with Gasteiger partial charge >= 0.3 is 5.97 Å². The van der Waals surface area contributed by atoms with Crippen LogP contribution in [-0.2, 0) is 14.3 Å². The topological polar surface area (TPSA) is 38.8 Å². The van der Waals surface area contributed by atoms with Gasteiger partial charge in [-0.15, -0.1) is 0 Å². The first kappa shape index (κ1) is 9.06. The molecule has 0 aromatic heterocycles. The third-order valence-electron chi connectivity index (χ3n) is 1.65. The number of hydrogen-bond donors (Lipinski definition) is 0. The molecule has 0 radical (unpaired) electrons. The number of esters is 1. The van der Waals surface area contributed by atoms with Gasteiger partial charge in [0.05, 0.1) is 13.2 Å². The second-order valence-electron chi connectivity index (χ2n) is 2.47. The highest BCUT2D eigenvalue weighted by Crippen LogP contribution is 2.08. The van der Waals surface area contributed by atoms with E-state index in [-0.39, 0.29) is 5.97 Å². The highest BCUT2D eigenvalue weighted by Gasteiger charge is 2.19. The molecule has 12 heavy (non-hydrogen) atoms. The highest BCUT2D eigenvalue weighted by molar-refractivity contribution is 5.87. The van der Waals surface area contributed by atoms with Crippen LogP contribution in [0.25, 0.3) is 0 Å². The average molecular weight is 171 g/mol. The molecule has 1 fully saturated rings. The van der Waals surface area contributed by atoms with Gasteiger partial charge in [-0.3, -0.25) is 0 Å². The molecule has 1 heterocycles. The molecule has 68 valence electrons. The van der Waals surface area contributed by atoms with Gasteiger partial charge < -0.3 is 14.4 Å². The Labute approximate surface area is 71.7 Å². The van der Waals surface area contributed by atoms with Gasteiger partial charge in [0.15, 0.2) is 0 Å². The number of ether oxygens (including phenoxy) is 2. The molecule has 1 aliphatic rings. The van der Waals surface area contributed by atoms with Crippen LogP contribution in [0.2, 0.25) is 0 Å². The summed E-state index contributed by atoms with van der Waals surface area (Å²) >= 11 is 0. The maximum atomic E-state index is 11.1. The van der Waals surface area contributed by atoms with E-state index in [4.69, 9.17) is 9.47 Å². The zero-order valence-corrected chi connectivity index (χ0v) is 7.21. The summed E-state index contributed by atoms with van der Waals surface area (Å²) in [5.74, 6) is -0.358. The fourth-order valence-corrected chi connectivity index (χ4v) is 0.970. The molecule has 0 unspecified atom stereocenters. The molecular formula is C8H13NO3. The lowest BCUT2D eigenvalue weighted by Crippen LogP contribution is -2.25. The van der Waals surface area contributed by atoms with Crippen molar-refractivity contribution in [2.45, 2.75) is 6.92 Å². The summed E-state index contributed by atoms with van der Waals surface area (Å²) in [6.07, 6.45) is 0. The lowest BCUT2D eigenvalue weighted by molar-refractivity contribution is -0.140. The standard InChI is InChI=1S/C8H13NO3/c1-3-12-8(10)7(2)9-4-5-11-6-9/h2-6H2,1H3. The molecule has 1 saturated heterocycles. The number of hydrogen-bond acceptors (Lipinski definition) is 4. The Morgan fingerprint density at radius 3 is 3.00 bits per heavy atom. The van der Waals surface area contributed by atoms with Crippen molar-refractivity contribution < 1.29 is 14.3 Å². The fraction of sp³-hybridized carbons (Fsp3) is 0.625. The van der Waals surface area contributed by atoms with Crippen LogP contribution in [0.3, 0.4) is 0 Å². The molecule has 0 spiro atoms. The smallest absolute Gasteiger partial charge is 0.354 e. The van der Waals surface area contributed by atoms with Crippen molar-refractivity contribution in [1.82, 2.24) is 4.90 Å². The monoisotopic (exact) mass is 171 g/mol. The van der Waals surface area contributed by atoms with Crippen molar-refractivity contribution in [1.29, 1.82) is 0 Å². The van der Waals surface area contributed by atoms with Crippen LogP contribution in [0.15, 0.2) is 12.3 Å². The first-order chi connectivity index (χ1) is 5.75. The third-order valence-corrected chi connectivity index (χ3v) is 1.65. The van der Waals surface area contributed by atoms with Crippen molar-refractivity contribution in [2.24, 2.45) is 0 Å². The molecule has 0 saturated carbocycles. The van der Waals surface area contributed by atoms with Gasteiger partial charge in [-0.2, -0.15) is 0 Å². The summed E-state index contributed by atoms with van der Waals surface area (Å²) in [4.78, 5) is 12.9. The van der Waals surface area contributed by atoms with Crippen LogP contribution in [0.1, 0.15) is 6.92 Å². The second kappa shape index (κ2) is 4.11. The van der Waals surface area contributed by atoms with E-state index in [0.717, 1.165) is 6.54 Å². The fourth-order valence-electron chi connectivity index (χ4n) is 0.970. The molecule has 1 rings (SSSR count). The summed E-state index contributed by atoms with van der Waals surface area (Å²) in [5.41, 5.74) is 0.384. The zero-order valence-electron chi connectivity index (χ0n) is 7.21. The van der Waals surface area contributed by atoms with Crippen LogP contribution in [0, 0.1) is 0 Å². The molecule has 0 aliphatic carbocycles. The lowest BCUT2D eigenvalue weighted by Gasteiger charge is -2.16. The predicted octanol–water partition coefficient (Wildman–Crippen LogP) is 0.353. The van der Waals surface area contributed by atoms with Gasteiger partial charge in [0.1, 0.15) is 12.4 Å². The molecule has 4 nitrogen and oxygen atoms in total. The average Bonchev–Trinajstić information content (AvgIpc) is 2.55. The van der Waals surface area contributed by atoms with Gasteiger partial charge in [-0.25, -0.2) is 4.79 Å². The third kappa shape index (κ3) is 1.98. The van der Waals surface area contributed by atoms with Crippen LogP contribution in [0.5, 0.6) is 0 Å². The van der Waals surface area contributed by atoms with Gasteiger partial charge in [0.25, 0.3) is 0 Å². The second-order valence-corrected chi connectivity index (χ2v) is 2.47. The van der Waals surface area contributed by atoms with E-state index in [1.165, 1.54) is 0 Å². The van der Waals surface area contributed by atoms with Crippen molar-refractivity contribution in [3.05, 3.63) is 12.3 Å². The van der Waals surface area contributed by atoms with Crippen molar-refractivity contribution in [3.63, 3.8) is 0 Å². The normalized spacial score (nSPS) is 16.2. The molecule has 0 bridgehead atoms. The quantitative estimate of drug-likeness (QED) is 0.454. The van der Waals surface area contributed by atoms with Gasteiger partial charge in [0.2, 0.25) is 0 Å². The summed E-state index contributed by atoms with van der Waals surface area (Å²) in [7, 11) is 0. The first-order valence-corrected chi connectivity index (χ1v) is 3.94. The summed E-state index contributed by atoms with van der Waals surface area (Å²) < 4.78 is 9.84.